The van der Waals surface area contributed by atoms with Gasteiger partial charge in [-0.05, 0) is 0 Å². The van der Waals surface area contributed by atoms with Crippen molar-refractivity contribution >= 4 is 45.4 Å². The first-order valence-corrected chi connectivity index (χ1v) is 16.5. The number of rotatable bonds is 4. The molecule has 0 spiro atoms. The van der Waals surface area contributed by atoms with Crippen molar-refractivity contribution in [1.82, 2.24) is 9.13 Å². The van der Waals surface area contributed by atoms with Crippen LogP contribution in [0.1, 0.15) is 40.9 Å². The van der Waals surface area contributed by atoms with Crippen LogP contribution in [0.2, 0.25) is 0 Å². The second-order valence-corrected chi connectivity index (χ2v) is 14.4. The zero-order valence-corrected chi connectivity index (χ0v) is 25.3. The van der Waals surface area contributed by atoms with E-state index in [1.54, 1.807) is 0 Å². The van der Waals surface area contributed by atoms with Crippen molar-refractivity contribution < 1.29 is 32.6 Å². The number of aryl methyl sites for hydroxylation is 2. The van der Waals surface area contributed by atoms with Crippen LogP contribution < -0.4 is 9.41 Å². The number of nitrogens with zero attached hydrogens (tertiary/aromatic N) is 2. The fourth-order valence-electron chi connectivity index (χ4n) is 6.79. The van der Waals surface area contributed by atoms with Gasteiger partial charge in [0.1, 0.15) is 0 Å². The van der Waals surface area contributed by atoms with Crippen molar-refractivity contribution in [2.75, 3.05) is 0 Å². The predicted octanol–water partition coefficient (Wildman–Crippen LogP) is 3.11. The second kappa shape index (κ2) is 10.5. The number of hydrogen-bond acceptors (Lipinski definition) is 0. The van der Waals surface area contributed by atoms with E-state index in [-0.39, 0.29) is 9.41 Å². The zero-order valence-electron chi connectivity index (χ0n) is 22.9. The minimum Gasteiger partial charge on any atom is -1.00 e. The summed E-state index contributed by atoms with van der Waals surface area (Å²) in [6.07, 6.45) is 4.95. The molecule has 0 saturated heterocycles. The first kappa shape index (κ1) is 27.4. The molecule has 0 radical (unpaired) electrons. The Balaban J connectivity index is 0.00000151. The van der Waals surface area contributed by atoms with Crippen LogP contribution in [-0.4, -0.2) is 9.13 Å². The minimum atomic E-state index is -1.13. The SMILES string of the molecule is Cc1cc2ccccc2n1C1=Cc2ccccc2[CH]1[Zr+2][CH]1C(n2c(C)cc3ccccc32)=Cc2ccccc21.[F-].[F-]. The summed E-state index contributed by atoms with van der Waals surface area (Å²) in [6, 6.07) is 40.6. The third-order valence-electron chi connectivity index (χ3n) is 8.45. The van der Waals surface area contributed by atoms with Crippen molar-refractivity contribution in [3.8, 4) is 0 Å². The molecule has 0 aliphatic heterocycles. The maximum Gasteiger partial charge on any atom is -1.00 e. The number of halogens is 2. The summed E-state index contributed by atoms with van der Waals surface area (Å²) in [5.74, 6) is 0. The largest absolute Gasteiger partial charge is 1.00 e. The predicted molar refractivity (Wildman–Crippen MR) is 160 cm³/mol. The molecule has 0 amide bonds. The van der Waals surface area contributed by atoms with Gasteiger partial charge in [-0.3, -0.25) is 0 Å². The van der Waals surface area contributed by atoms with Crippen molar-refractivity contribution in [2.24, 2.45) is 0 Å². The Morgan fingerprint density at radius 1 is 0.512 bits per heavy atom. The van der Waals surface area contributed by atoms with E-state index in [0.29, 0.717) is 7.25 Å². The Bertz CT molecular complexity index is 1850. The Morgan fingerprint density at radius 3 is 1.37 bits per heavy atom. The van der Waals surface area contributed by atoms with Crippen molar-refractivity contribution in [2.45, 2.75) is 21.1 Å². The third-order valence-corrected chi connectivity index (χ3v) is 13.1. The van der Waals surface area contributed by atoms with E-state index >= 15 is 0 Å². The van der Waals surface area contributed by atoms with Gasteiger partial charge in [0.2, 0.25) is 0 Å². The number of allylic oxidation sites excluding steroid dienone is 2. The smallest absolute Gasteiger partial charge is 1.00 e. The van der Waals surface area contributed by atoms with Gasteiger partial charge in [0.15, 0.2) is 0 Å². The summed E-state index contributed by atoms with van der Waals surface area (Å²) in [5.41, 5.74) is 14.0. The molecule has 0 N–H and O–H groups in total. The molecular weight excluding hydrogens is 590 g/mol. The van der Waals surface area contributed by atoms with Crippen LogP contribution in [0.3, 0.4) is 0 Å². The van der Waals surface area contributed by atoms with E-state index in [2.05, 4.69) is 144 Å². The number of benzene rings is 4. The molecule has 2 aromatic heterocycles. The summed E-state index contributed by atoms with van der Waals surface area (Å²) >= 11 is -1.13. The van der Waals surface area contributed by atoms with Crippen molar-refractivity contribution in [3.05, 3.63) is 143 Å². The fraction of sp³-hybridized carbons (Fsp3) is 0.111. The number of para-hydroxylation sites is 2. The Morgan fingerprint density at radius 2 is 0.902 bits per heavy atom. The van der Waals surface area contributed by atoms with E-state index < -0.39 is 23.2 Å². The first-order valence-electron chi connectivity index (χ1n) is 13.7. The van der Waals surface area contributed by atoms with Crippen LogP contribution in [0.4, 0.5) is 0 Å². The van der Waals surface area contributed by atoms with Crippen molar-refractivity contribution in [3.63, 3.8) is 0 Å². The number of fused-ring (bicyclic) bond motifs is 4. The molecule has 5 heteroatoms. The molecule has 0 fully saturated rings. The van der Waals surface area contributed by atoms with Crippen LogP contribution >= 0.6 is 0 Å². The van der Waals surface area contributed by atoms with Gasteiger partial charge in [-0.15, -0.1) is 0 Å². The van der Waals surface area contributed by atoms with Gasteiger partial charge in [0.05, 0.1) is 0 Å². The van der Waals surface area contributed by atoms with E-state index in [0.717, 1.165) is 0 Å². The molecule has 200 valence electrons. The maximum absolute atomic E-state index is 2.54. The van der Waals surface area contributed by atoms with E-state index in [1.165, 1.54) is 66.8 Å². The fourth-order valence-corrected chi connectivity index (χ4v) is 11.7. The monoisotopic (exact) mass is 616 g/mol. The third kappa shape index (κ3) is 4.21. The number of hydrogen-bond donors (Lipinski definition) is 0. The second-order valence-electron chi connectivity index (χ2n) is 10.8. The van der Waals surface area contributed by atoms with E-state index in [1.807, 2.05) is 0 Å². The van der Waals surface area contributed by atoms with Gasteiger partial charge in [0.25, 0.3) is 0 Å². The van der Waals surface area contributed by atoms with Gasteiger partial charge in [0, 0.05) is 0 Å². The minimum absolute atomic E-state index is 0. The van der Waals surface area contributed by atoms with Crippen LogP contribution in [0.15, 0.2) is 109 Å². The summed E-state index contributed by atoms with van der Waals surface area (Å²) in [7, 11) is 0. The number of aromatic nitrogens is 2. The molecule has 4 aromatic carbocycles. The summed E-state index contributed by atoms with van der Waals surface area (Å²) in [5, 5.41) is 2.63. The van der Waals surface area contributed by atoms with Crippen LogP contribution in [0.5, 0.6) is 0 Å². The van der Waals surface area contributed by atoms with Gasteiger partial charge >= 0.3 is 242 Å². The van der Waals surface area contributed by atoms with Gasteiger partial charge in [-0.25, -0.2) is 0 Å². The van der Waals surface area contributed by atoms with Gasteiger partial charge in [-0.2, -0.15) is 0 Å². The van der Waals surface area contributed by atoms with E-state index in [4.69, 9.17) is 0 Å². The summed E-state index contributed by atoms with van der Waals surface area (Å²) in [4.78, 5) is 0. The van der Waals surface area contributed by atoms with E-state index in [9.17, 15) is 0 Å². The topological polar surface area (TPSA) is 9.86 Å². The molecule has 6 aromatic rings. The molecule has 0 saturated carbocycles. The Kier molecular flexibility index (Phi) is 7.03. The molecule has 2 atom stereocenters. The molecule has 2 nitrogen and oxygen atoms in total. The molecule has 2 aliphatic carbocycles. The van der Waals surface area contributed by atoms with Crippen LogP contribution in [0.25, 0.3) is 45.4 Å². The average Bonchev–Trinajstić information content (AvgIpc) is 3.68. The molecule has 2 aliphatic rings. The van der Waals surface area contributed by atoms with Crippen LogP contribution in [0, 0.1) is 13.8 Å². The van der Waals surface area contributed by atoms with Gasteiger partial charge < -0.3 is 9.41 Å². The quantitative estimate of drug-likeness (QED) is 0.288. The normalized spacial score (nSPS) is 16.8. The maximum atomic E-state index is 2.54. The average molecular weight is 618 g/mol. The molecule has 2 unspecified atom stereocenters. The molecule has 8 rings (SSSR count). The molecular formula is C36H28F2N2Zr. The van der Waals surface area contributed by atoms with Crippen molar-refractivity contribution in [1.29, 1.82) is 0 Å². The summed E-state index contributed by atoms with van der Waals surface area (Å²) < 4.78 is 6.00. The molecule has 2 heterocycles. The zero-order chi connectivity index (χ0) is 26.1. The standard InChI is InChI=1S/2C18H14N.2FH.Zr/c2*1-13-10-16-8-4-5-9-18(16)19(13)17-11-14-6-2-3-7-15(14)12-17;;;/h2*2-12H,1H3;2*1H;/q;;;;+2/p-2. The Labute approximate surface area is 249 Å². The van der Waals surface area contributed by atoms with Gasteiger partial charge in [-0.1, -0.05) is 0 Å². The molecule has 0 bridgehead atoms. The molecule has 41 heavy (non-hydrogen) atoms. The van der Waals surface area contributed by atoms with Crippen LogP contribution in [-0.2, 0) is 23.2 Å². The summed E-state index contributed by atoms with van der Waals surface area (Å²) in [6.45, 7) is 4.52. The first-order chi connectivity index (χ1) is 19.2. The Hall–Kier alpha value is -3.82.